The van der Waals surface area contributed by atoms with Gasteiger partial charge in [0.25, 0.3) is 6.35 Å². The zero-order chi connectivity index (χ0) is 15.8. The number of rotatable bonds is 3. The van der Waals surface area contributed by atoms with Crippen LogP contribution in [-0.2, 0) is 4.74 Å². The number of hydrogen-bond acceptors (Lipinski definition) is 7. The number of nitrogens with zero attached hydrogens (tertiary/aromatic N) is 2. The second-order valence-corrected chi connectivity index (χ2v) is 5.15. The van der Waals surface area contributed by atoms with E-state index in [0.717, 1.165) is 22.7 Å². The first kappa shape index (κ1) is 13.8. The summed E-state index contributed by atoms with van der Waals surface area (Å²) >= 11 is 0. The number of ether oxygens (including phenoxy) is 1. The van der Waals surface area contributed by atoms with E-state index < -0.39 is 6.29 Å². The molecule has 0 saturated heterocycles. The molecule has 5 N–H and O–H groups in total. The van der Waals surface area contributed by atoms with E-state index in [1.54, 1.807) is 24.6 Å². The van der Waals surface area contributed by atoms with Crippen LogP contribution in [0.2, 0.25) is 0 Å². The van der Waals surface area contributed by atoms with Crippen molar-refractivity contribution in [2.45, 2.75) is 12.6 Å². The minimum absolute atomic E-state index is 0.278. The number of nitrogens with one attached hydrogen (secondary N) is 3. The molecule has 1 aromatic carbocycles. The maximum atomic E-state index is 13.2. The molecule has 3 aliphatic heterocycles. The SMILES string of the molecule is NNC1N=CC=C(C2=C(c3ccc(F)cc3)NC3OC=CN23)N1. The quantitative estimate of drug-likeness (QED) is 0.480. The van der Waals surface area contributed by atoms with Crippen molar-refractivity contribution in [1.29, 1.82) is 0 Å². The number of halogens is 1. The number of benzene rings is 1. The van der Waals surface area contributed by atoms with Crippen molar-refractivity contribution in [3.63, 3.8) is 0 Å². The van der Waals surface area contributed by atoms with Crippen molar-refractivity contribution < 1.29 is 9.13 Å². The Hall–Kier alpha value is -2.84. The van der Waals surface area contributed by atoms with Gasteiger partial charge in [-0.2, -0.15) is 0 Å². The zero-order valence-corrected chi connectivity index (χ0v) is 12.0. The summed E-state index contributed by atoms with van der Waals surface area (Å²) in [5.41, 5.74) is 5.97. The fraction of sp³-hybridized carbons (Fsp3) is 0.133. The molecule has 0 aromatic heterocycles. The smallest absolute Gasteiger partial charge is 0.254 e. The molecule has 0 amide bonds. The van der Waals surface area contributed by atoms with Gasteiger partial charge in [-0.05, 0) is 30.3 Å². The first-order valence-corrected chi connectivity index (χ1v) is 7.10. The highest BCUT2D eigenvalue weighted by molar-refractivity contribution is 5.79. The topological polar surface area (TPSA) is 86.9 Å². The predicted octanol–water partition coefficient (Wildman–Crippen LogP) is 0.489. The van der Waals surface area contributed by atoms with Gasteiger partial charge < -0.3 is 15.4 Å². The van der Waals surface area contributed by atoms with E-state index in [0.29, 0.717) is 0 Å². The molecule has 4 rings (SSSR count). The Morgan fingerprint density at radius 3 is 2.87 bits per heavy atom. The lowest BCUT2D eigenvalue weighted by atomic mass is 10.1. The van der Waals surface area contributed by atoms with Crippen molar-refractivity contribution in [2.24, 2.45) is 10.8 Å². The van der Waals surface area contributed by atoms with Gasteiger partial charge in [-0.15, -0.1) is 0 Å². The molecule has 3 aliphatic rings. The lowest BCUT2D eigenvalue weighted by molar-refractivity contribution is 0.0760. The summed E-state index contributed by atoms with van der Waals surface area (Å²) in [7, 11) is 0. The van der Waals surface area contributed by atoms with Crippen LogP contribution in [0.5, 0.6) is 0 Å². The highest BCUT2D eigenvalue weighted by Gasteiger charge is 2.36. The maximum absolute atomic E-state index is 13.2. The van der Waals surface area contributed by atoms with Gasteiger partial charge in [-0.3, -0.25) is 15.7 Å². The van der Waals surface area contributed by atoms with Crippen LogP contribution in [0.15, 0.2) is 59.2 Å². The molecule has 7 nitrogen and oxygen atoms in total. The molecule has 23 heavy (non-hydrogen) atoms. The average molecular weight is 314 g/mol. The summed E-state index contributed by atoms with van der Waals surface area (Å²) in [5, 5.41) is 6.48. The van der Waals surface area contributed by atoms with Gasteiger partial charge in [-0.1, -0.05) is 0 Å². The minimum Gasteiger partial charge on any atom is -0.458 e. The molecular formula is C15H15FN6O. The van der Waals surface area contributed by atoms with Gasteiger partial charge in [0.2, 0.25) is 0 Å². The fourth-order valence-corrected chi connectivity index (χ4v) is 2.71. The summed E-state index contributed by atoms with van der Waals surface area (Å²) in [6, 6.07) is 6.30. The van der Waals surface area contributed by atoms with Crippen LogP contribution in [0.25, 0.3) is 5.70 Å². The molecular weight excluding hydrogens is 299 g/mol. The first-order valence-electron chi connectivity index (χ1n) is 7.10. The Kier molecular flexibility index (Phi) is 3.25. The maximum Gasteiger partial charge on any atom is 0.254 e. The van der Waals surface area contributed by atoms with Gasteiger partial charge in [0.1, 0.15) is 12.1 Å². The normalized spacial score (nSPS) is 25.0. The highest BCUT2D eigenvalue weighted by atomic mass is 19.1. The zero-order valence-electron chi connectivity index (χ0n) is 12.0. The number of aliphatic imine (C=N–C) groups is 1. The molecule has 0 spiro atoms. The van der Waals surface area contributed by atoms with Crippen molar-refractivity contribution in [1.82, 2.24) is 21.0 Å². The van der Waals surface area contributed by atoms with Gasteiger partial charge >= 0.3 is 0 Å². The monoisotopic (exact) mass is 314 g/mol. The molecule has 3 heterocycles. The van der Waals surface area contributed by atoms with Crippen LogP contribution in [-0.4, -0.2) is 23.8 Å². The van der Waals surface area contributed by atoms with E-state index in [2.05, 4.69) is 21.1 Å². The summed E-state index contributed by atoms with van der Waals surface area (Å²) in [4.78, 5) is 6.10. The number of nitrogens with two attached hydrogens (primary N) is 1. The first-order chi connectivity index (χ1) is 11.3. The van der Waals surface area contributed by atoms with Crippen LogP contribution in [0.4, 0.5) is 4.39 Å². The summed E-state index contributed by atoms with van der Waals surface area (Å²) < 4.78 is 18.7. The number of allylic oxidation sites excluding steroid dienone is 1. The Balaban J connectivity index is 1.78. The Labute approximate surface area is 132 Å². The molecule has 0 saturated carbocycles. The summed E-state index contributed by atoms with van der Waals surface area (Å²) in [6.45, 7) is 0. The second-order valence-electron chi connectivity index (χ2n) is 5.15. The van der Waals surface area contributed by atoms with Gasteiger partial charge in [0, 0.05) is 18.0 Å². The number of hydrazine groups is 1. The Morgan fingerprint density at radius 2 is 2.09 bits per heavy atom. The lowest BCUT2D eigenvalue weighted by Crippen LogP contribution is -2.46. The van der Waals surface area contributed by atoms with E-state index in [-0.39, 0.29) is 12.2 Å². The van der Waals surface area contributed by atoms with Crippen LogP contribution in [0, 0.1) is 5.82 Å². The van der Waals surface area contributed by atoms with Gasteiger partial charge in [0.15, 0.2) is 6.29 Å². The molecule has 1 aromatic rings. The van der Waals surface area contributed by atoms with Crippen LogP contribution >= 0.6 is 0 Å². The minimum atomic E-state index is -0.413. The van der Waals surface area contributed by atoms with E-state index in [1.165, 1.54) is 12.1 Å². The van der Waals surface area contributed by atoms with Gasteiger partial charge in [0.05, 0.1) is 17.1 Å². The summed E-state index contributed by atoms with van der Waals surface area (Å²) in [6.07, 6.45) is 6.25. The Morgan fingerprint density at radius 1 is 1.26 bits per heavy atom. The van der Waals surface area contributed by atoms with Crippen LogP contribution in [0.1, 0.15) is 5.56 Å². The highest BCUT2D eigenvalue weighted by Crippen LogP contribution is 2.34. The average Bonchev–Trinajstić information content (AvgIpc) is 3.16. The van der Waals surface area contributed by atoms with E-state index in [4.69, 9.17) is 10.6 Å². The molecule has 2 atom stereocenters. The Bertz CT molecular complexity index is 739. The third-order valence-corrected chi connectivity index (χ3v) is 3.76. The number of hydrogen-bond donors (Lipinski definition) is 4. The van der Waals surface area contributed by atoms with Crippen molar-refractivity contribution in [2.75, 3.05) is 0 Å². The largest absolute Gasteiger partial charge is 0.458 e. The molecule has 0 radical (unpaired) electrons. The fourth-order valence-electron chi connectivity index (χ4n) is 2.71. The predicted molar refractivity (Wildman–Crippen MR) is 83.1 cm³/mol. The molecule has 118 valence electrons. The summed E-state index contributed by atoms with van der Waals surface area (Å²) in [5.74, 6) is 5.18. The molecule has 8 heteroatoms. The third-order valence-electron chi connectivity index (χ3n) is 3.76. The van der Waals surface area contributed by atoms with Crippen molar-refractivity contribution >= 4 is 11.9 Å². The molecule has 0 aliphatic carbocycles. The van der Waals surface area contributed by atoms with E-state index in [1.807, 2.05) is 17.2 Å². The molecule has 2 unspecified atom stereocenters. The van der Waals surface area contributed by atoms with Crippen molar-refractivity contribution in [3.05, 3.63) is 65.6 Å². The lowest BCUT2D eigenvalue weighted by Gasteiger charge is -2.25. The standard InChI is InChI=1S/C15H15FN6O/c16-10-3-1-9(2-4-10)12-13(22-7-8-23-15(22)20-12)11-5-6-18-14(19-11)21-17/h1-8,14-15,19-21H,17H2. The van der Waals surface area contributed by atoms with Gasteiger partial charge in [-0.25, -0.2) is 9.82 Å². The van der Waals surface area contributed by atoms with E-state index in [9.17, 15) is 4.39 Å². The van der Waals surface area contributed by atoms with Crippen molar-refractivity contribution in [3.8, 4) is 0 Å². The second kappa shape index (κ2) is 5.41. The van der Waals surface area contributed by atoms with Crippen LogP contribution < -0.4 is 21.9 Å². The number of fused-ring (bicyclic) bond motifs is 1. The van der Waals surface area contributed by atoms with E-state index >= 15 is 0 Å². The van der Waals surface area contributed by atoms with Crippen LogP contribution in [0.3, 0.4) is 0 Å². The molecule has 0 fully saturated rings. The third kappa shape index (κ3) is 2.33. The molecule has 0 bridgehead atoms.